The Morgan fingerprint density at radius 2 is 2.04 bits per heavy atom. The molecule has 1 aliphatic heterocycles. The number of para-hydroxylation sites is 1. The lowest BCUT2D eigenvalue weighted by Crippen LogP contribution is -2.21. The number of rotatable bonds is 4. The molecule has 2 heterocycles. The summed E-state index contributed by atoms with van der Waals surface area (Å²) in [4.78, 5) is 17.0. The van der Waals surface area contributed by atoms with Crippen LogP contribution in [0.2, 0.25) is 0 Å². The second-order valence-corrected chi connectivity index (χ2v) is 7.09. The number of carbonyl (C=O) groups excluding carboxylic acids is 1. The maximum atomic E-state index is 12.7. The molecule has 1 amide bonds. The number of carbonyl (C=O) groups is 1. The van der Waals surface area contributed by atoms with Gasteiger partial charge in [0.1, 0.15) is 11.9 Å². The topological polar surface area (TPSA) is 80.7 Å². The summed E-state index contributed by atoms with van der Waals surface area (Å²) in [7, 11) is 0. The molecule has 1 saturated carbocycles. The fourth-order valence-electron chi connectivity index (χ4n) is 3.67. The van der Waals surface area contributed by atoms with Gasteiger partial charge < -0.3 is 19.9 Å². The molecular weight excluding hydrogens is 344 g/mol. The molecule has 27 heavy (non-hydrogen) atoms. The second kappa shape index (κ2) is 7.96. The molecule has 0 unspecified atom stereocenters. The van der Waals surface area contributed by atoms with Crippen LogP contribution in [0.5, 0.6) is 11.6 Å². The van der Waals surface area contributed by atoms with Crippen LogP contribution in [0.15, 0.2) is 36.5 Å². The molecule has 6 heteroatoms. The van der Waals surface area contributed by atoms with E-state index >= 15 is 0 Å². The van der Waals surface area contributed by atoms with Crippen molar-refractivity contribution in [2.24, 2.45) is 0 Å². The smallest absolute Gasteiger partial charge is 0.256 e. The SMILES string of the molecule is O=C(Nc1cccc2c1OCC[C@@H]2O)c1ccnc(OC2CCCCC2)c1. The fourth-order valence-corrected chi connectivity index (χ4v) is 3.67. The first-order valence-corrected chi connectivity index (χ1v) is 9.58. The zero-order valence-electron chi connectivity index (χ0n) is 15.2. The minimum atomic E-state index is -0.568. The molecule has 0 spiro atoms. The van der Waals surface area contributed by atoms with Gasteiger partial charge in [0, 0.05) is 29.8 Å². The quantitative estimate of drug-likeness (QED) is 0.856. The third kappa shape index (κ3) is 4.06. The van der Waals surface area contributed by atoms with Crippen molar-refractivity contribution in [1.82, 2.24) is 4.98 Å². The molecule has 1 aromatic carbocycles. The van der Waals surface area contributed by atoms with E-state index in [1.54, 1.807) is 30.5 Å². The minimum absolute atomic E-state index is 0.181. The molecule has 2 N–H and O–H groups in total. The lowest BCUT2D eigenvalue weighted by Gasteiger charge is -2.24. The number of hydrogen-bond acceptors (Lipinski definition) is 5. The van der Waals surface area contributed by atoms with Gasteiger partial charge in [-0.3, -0.25) is 4.79 Å². The number of hydrogen-bond donors (Lipinski definition) is 2. The standard InChI is InChI=1S/C21H24N2O4/c24-18-10-12-26-20-16(18)7-4-8-17(20)23-21(25)14-9-11-22-19(13-14)27-15-5-2-1-3-6-15/h4,7-9,11,13,15,18,24H,1-3,5-6,10,12H2,(H,23,25)/t18-/m0/s1. The summed E-state index contributed by atoms with van der Waals surface area (Å²) < 4.78 is 11.6. The lowest BCUT2D eigenvalue weighted by molar-refractivity contribution is 0.101. The van der Waals surface area contributed by atoms with Crippen molar-refractivity contribution >= 4 is 11.6 Å². The van der Waals surface area contributed by atoms with E-state index in [4.69, 9.17) is 9.47 Å². The first-order valence-electron chi connectivity index (χ1n) is 9.58. The third-order valence-corrected chi connectivity index (χ3v) is 5.13. The first kappa shape index (κ1) is 17.8. The monoisotopic (exact) mass is 368 g/mol. The number of amides is 1. The van der Waals surface area contributed by atoms with E-state index in [0.717, 1.165) is 12.8 Å². The van der Waals surface area contributed by atoms with E-state index in [-0.39, 0.29) is 12.0 Å². The molecule has 2 aromatic rings. The Labute approximate surface area is 158 Å². The Bertz CT molecular complexity index is 818. The Kier molecular flexibility index (Phi) is 5.25. The normalized spacial score (nSPS) is 19.7. The molecule has 2 aliphatic rings. The summed E-state index contributed by atoms with van der Waals surface area (Å²) >= 11 is 0. The number of nitrogens with zero attached hydrogens (tertiary/aromatic N) is 1. The van der Waals surface area contributed by atoms with E-state index in [1.165, 1.54) is 19.3 Å². The molecule has 0 saturated heterocycles. The summed E-state index contributed by atoms with van der Waals surface area (Å²) in [6, 6.07) is 8.73. The molecule has 1 atom stereocenters. The first-order chi connectivity index (χ1) is 13.2. The van der Waals surface area contributed by atoms with Crippen LogP contribution < -0.4 is 14.8 Å². The van der Waals surface area contributed by atoms with Gasteiger partial charge in [-0.2, -0.15) is 0 Å². The van der Waals surface area contributed by atoms with Crippen molar-refractivity contribution in [2.75, 3.05) is 11.9 Å². The van der Waals surface area contributed by atoms with Crippen molar-refractivity contribution in [3.8, 4) is 11.6 Å². The van der Waals surface area contributed by atoms with Gasteiger partial charge in [-0.15, -0.1) is 0 Å². The van der Waals surface area contributed by atoms with Crippen LogP contribution >= 0.6 is 0 Å². The van der Waals surface area contributed by atoms with Gasteiger partial charge in [0.15, 0.2) is 0 Å². The van der Waals surface area contributed by atoms with E-state index in [2.05, 4.69) is 10.3 Å². The third-order valence-electron chi connectivity index (χ3n) is 5.13. The maximum absolute atomic E-state index is 12.7. The predicted octanol–water partition coefficient (Wildman–Crippen LogP) is 3.86. The average molecular weight is 368 g/mol. The molecule has 0 radical (unpaired) electrons. The second-order valence-electron chi connectivity index (χ2n) is 7.09. The largest absolute Gasteiger partial charge is 0.491 e. The highest BCUT2D eigenvalue weighted by molar-refractivity contribution is 6.05. The Hall–Kier alpha value is -2.60. The van der Waals surface area contributed by atoms with E-state index in [9.17, 15) is 9.90 Å². The van der Waals surface area contributed by atoms with E-state index < -0.39 is 6.10 Å². The minimum Gasteiger partial charge on any atom is -0.491 e. The number of ether oxygens (including phenoxy) is 2. The number of pyridine rings is 1. The van der Waals surface area contributed by atoms with Crippen LogP contribution in [0.1, 0.15) is 60.6 Å². The van der Waals surface area contributed by atoms with Crippen LogP contribution in [0, 0.1) is 0 Å². The molecule has 4 rings (SSSR count). The van der Waals surface area contributed by atoms with Crippen LogP contribution in [0.3, 0.4) is 0 Å². The van der Waals surface area contributed by atoms with Crippen LogP contribution in [-0.4, -0.2) is 28.7 Å². The highest BCUT2D eigenvalue weighted by Gasteiger charge is 2.23. The molecule has 1 aliphatic carbocycles. The van der Waals surface area contributed by atoms with Crippen LogP contribution in [0.25, 0.3) is 0 Å². The summed E-state index contributed by atoms with van der Waals surface area (Å²) in [5.74, 6) is 0.761. The van der Waals surface area contributed by atoms with Crippen molar-refractivity contribution in [2.45, 2.75) is 50.7 Å². The van der Waals surface area contributed by atoms with Crippen molar-refractivity contribution < 1.29 is 19.4 Å². The summed E-state index contributed by atoms with van der Waals surface area (Å²) in [6.07, 6.45) is 7.44. The van der Waals surface area contributed by atoms with E-state index in [1.807, 2.05) is 6.07 Å². The molecule has 1 fully saturated rings. The number of benzene rings is 1. The average Bonchev–Trinajstić information content (AvgIpc) is 2.70. The van der Waals surface area contributed by atoms with Gasteiger partial charge >= 0.3 is 0 Å². The summed E-state index contributed by atoms with van der Waals surface area (Å²) in [5, 5.41) is 13.0. The van der Waals surface area contributed by atoms with Gasteiger partial charge in [0.05, 0.1) is 18.4 Å². The Balaban J connectivity index is 1.49. The highest BCUT2D eigenvalue weighted by atomic mass is 16.5. The van der Waals surface area contributed by atoms with Gasteiger partial charge in [0.2, 0.25) is 5.88 Å². The summed E-state index contributed by atoms with van der Waals surface area (Å²) in [6.45, 7) is 0.426. The predicted molar refractivity (Wildman–Crippen MR) is 101 cm³/mol. The van der Waals surface area contributed by atoms with Gasteiger partial charge in [-0.25, -0.2) is 4.98 Å². The number of nitrogens with one attached hydrogen (secondary N) is 1. The number of aromatic nitrogens is 1. The van der Waals surface area contributed by atoms with Gasteiger partial charge in [-0.1, -0.05) is 18.6 Å². The van der Waals surface area contributed by atoms with E-state index in [0.29, 0.717) is 41.5 Å². The molecule has 0 bridgehead atoms. The lowest BCUT2D eigenvalue weighted by atomic mass is 9.98. The molecule has 6 nitrogen and oxygen atoms in total. The Morgan fingerprint density at radius 1 is 1.19 bits per heavy atom. The number of aliphatic hydroxyl groups is 1. The zero-order chi connectivity index (χ0) is 18.6. The number of anilines is 1. The number of fused-ring (bicyclic) bond motifs is 1. The summed E-state index contributed by atoms with van der Waals surface area (Å²) in [5.41, 5.74) is 1.74. The molecular formula is C21H24N2O4. The fraction of sp³-hybridized carbons (Fsp3) is 0.429. The van der Waals surface area contributed by atoms with Gasteiger partial charge in [0.25, 0.3) is 5.91 Å². The van der Waals surface area contributed by atoms with Crippen LogP contribution in [0.4, 0.5) is 5.69 Å². The van der Waals surface area contributed by atoms with Crippen molar-refractivity contribution in [3.63, 3.8) is 0 Å². The maximum Gasteiger partial charge on any atom is 0.256 e. The van der Waals surface area contributed by atoms with Crippen molar-refractivity contribution in [3.05, 3.63) is 47.7 Å². The molecule has 1 aromatic heterocycles. The number of aliphatic hydroxyl groups excluding tert-OH is 1. The highest BCUT2D eigenvalue weighted by Crippen LogP contribution is 2.38. The van der Waals surface area contributed by atoms with Crippen molar-refractivity contribution in [1.29, 1.82) is 0 Å². The zero-order valence-corrected chi connectivity index (χ0v) is 15.2. The Morgan fingerprint density at radius 3 is 2.89 bits per heavy atom. The van der Waals surface area contributed by atoms with Gasteiger partial charge in [-0.05, 0) is 37.8 Å². The van der Waals surface area contributed by atoms with Crippen LogP contribution in [-0.2, 0) is 0 Å². The molecule has 142 valence electrons.